The fraction of sp³-hybridized carbons (Fsp3) is 0.385. The Labute approximate surface area is 100 Å². The normalized spacial score (nSPS) is 19.5. The van der Waals surface area contributed by atoms with Gasteiger partial charge in [-0.2, -0.15) is 0 Å². The third-order valence-electron chi connectivity index (χ3n) is 2.81. The molecular formula is C13H15NO3. The van der Waals surface area contributed by atoms with Gasteiger partial charge in [-0.1, -0.05) is 18.2 Å². The van der Waals surface area contributed by atoms with Crippen LogP contribution in [0, 0.1) is 5.92 Å². The smallest absolute Gasteiger partial charge is 0.311 e. The molecular weight excluding hydrogens is 218 g/mol. The zero-order chi connectivity index (χ0) is 12.3. The van der Waals surface area contributed by atoms with Gasteiger partial charge in [0.05, 0.1) is 12.5 Å². The van der Waals surface area contributed by atoms with Gasteiger partial charge in [-0.05, 0) is 19.1 Å². The standard InChI is InChI=1S/C13H15NO3/c1-2-17-13(16)10-8-12(15)14(9-10)11-6-4-3-5-7-11/h3-7,10H,2,8-9H2,1H3. The van der Waals surface area contributed by atoms with Crippen LogP contribution in [0.4, 0.5) is 5.69 Å². The number of benzene rings is 1. The number of amides is 1. The average molecular weight is 233 g/mol. The Morgan fingerprint density at radius 1 is 1.41 bits per heavy atom. The quantitative estimate of drug-likeness (QED) is 0.745. The minimum absolute atomic E-state index is 0.0192. The Morgan fingerprint density at radius 2 is 2.12 bits per heavy atom. The van der Waals surface area contributed by atoms with Crippen LogP contribution in [-0.2, 0) is 14.3 Å². The van der Waals surface area contributed by atoms with E-state index in [1.165, 1.54) is 0 Å². The first-order chi connectivity index (χ1) is 8.22. The third kappa shape index (κ3) is 2.46. The molecule has 90 valence electrons. The van der Waals surface area contributed by atoms with Crippen LogP contribution >= 0.6 is 0 Å². The van der Waals surface area contributed by atoms with E-state index in [-0.39, 0.29) is 24.2 Å². The second-order valence-electron chi connectivity index (χ2n) is 3.99. The summed E-state index contributed by atoms with van der Waals surface area (Å²) in [5, 5.41) is 0. The van der Waals surface area contributed by atoms with Crippen molar-refractivity contribution in [1.82, 2.24) is 0 Å². The summed E-state index contributed by atoms with van der Waals surface area (Å²) in [6, 6.07) is 9.38. The molecule has 0 spiro atoms. The summed E-state index contributed by atoms with van der Waals surface area (Å²) in [7, 11) is 0. The monoisotopic (exact) mass is 233 g/mol. The number of carbonyl (C=O) groups excluding carboxylic acids is 2. The number of ether oxygens (including phenoxy) is 1. The molecule has 4 nitrogen and oxygen atoms in total. The van der Waals surface area contributed by atoms with Crippen LogP contribution in [0.15, 0.2) is 30.3 Å². The lowest BCUT2D eigenvalue weighted by molar-refractivity contribution is -0.147. The molecule has 1 aliphatic heterocycles. The highest BCUT2D eigenvalue weighted by Gasteiger charge is 2.35. The molecule has 1 heterocycles. The van der Waals surface area contributed by atoms with Crippen molar-refractivity contribution in [2.45, 2.75) is 13.3 Å². The Kier molecular flexibility index (Phi) is 3.42. The van der Waals surface area contributed by atoms with E-state index in [1.54, 1.807) is 11.8 Å². The molecule has 1 atom stereocenters. The Bertz CT molecular complexity index is 416. The summed E-state index contributed by atoms with van der Waals surface area (Å²) in [4.78, 5) is 25.0. The van der Waals surface area contributed by atoms with E-state index < -0.39 is 0 Å². The molecule has 0 radical (unpaired) electrons. The molecule has 1 saturated heterocycles. The van der Waals surface area contributed by atoms with Gasteiger partial charge in [-0.3, -0.25) is 9.59 Å². The fourth-order valence-corrected chi connectivity index (χ4v) is 1.98. The Hall–Kier alpha value is -1.84. The maximum Gasteiger partial charge on any atom is 0.311 e. The molecule has 2 rings (SSSR count). The number of para-hydroxylation sites is 1. The molecule has 1 aliphatic rings. The van der Waals surface area contributed by atoms with Crippen LogP contribution in [0.1, 0.15) is 13.3 Å². The number of hydrogen-bond donors (Lipinski definition) is 0. The number of esters is 1. The lowest BCUT2D eigenvalue weighted by atomic mass is 10.1. The maximum atomic E-state index is 11.8. The van der Waals surface area contributed by atoms with Gasteiger partial charge in [-0.15, -0.1) is 0 Å². The molecule has 0 aromatic heterocycles. The highest BCUT2D eigenvalue weighted by atomic mass is 16.5. The van der Waals surface area contributed by atoms with Crippen molar-refractivity contribution < 1.29 is 14.3 Å². The molecule has 4 heteroatoms. The SMILES string of the molecule is CCOC(=O)C1CC(=O)N(c2ccccc2)C1. The van der Waals surface area contributed by atoms with Gasteiger partial charge < -0.3 is 9.64 Å². The molecule has 1 amide bonds. The van der Waals surface area contributed by atoms with Crippen LogP contribution in [0.5, 0.6) is 0 Å². The van der Waals surface area contributed by atoms with E-state index in [1.807, 2.05) is 30.3 Å². The lowest BCUT2D eigenvalue weighted by Crippen LogP contribution is -2.26. The van der Waals surface area contributed by atoms with Crippen molar-refractivity contribution in [3.63, 3.8) is 0 Å². The predicted molar refractivity (Wildman–Crippen MR) is 63.5 cm³/mol. The molecule has 1 unspecified atom stereocenters. The van der Waals surface area contributed by atoms with E-state index in [4.69, 9.17) is 4.74 Å². The molecule has 1 aromatic carbocycles. The number of rotatable bonds is 3. The van der Waals surface area contributed by atoms with Gasteiger partial charge in [0.1, 0.15) is 0 Å². The zero-order valence-electron chi connectivity index (χ0n) is 9.76. The number of anilines is 1. The zero-order valence-corrected chi connectivity index (χ0v) is 9.76. The van der Waals surface area contributed by atoms with E-state index in [0.29, 0.717) is 13.2 Å². The minimum atomic E-state index is -0.331. The first kappa shape index (κ1) is 11.6. The number of carbonyl (C=O) groups is 2. The molecule has 0 saturated carbocycles. The number of nitrogens with zero attached hydrogens (tertiary/aromatic N) is 1. The summed E-state index contributed by atoms with van der Waals surface area (Å²) < 4.78 is 4.94. The second-order valence-corrected chi connectivity index (χ2v) is 3.99. The lowest BCUT2D eigenvalue weighted by Gasteiger charge is -2.16. The highest BCUT2D eigenvalue weighted by molar-refractivity contribution is 5.99. The first-order valence-electron chi connectivity index (χ1n) is 5.74. The minimum Gasteiger partial charge on any atom is -0.466 e. The first-order valence-corrected chi connectivity index (χ1v) is 5.74. The summed E-state index contributed by atoms with van der Waals surface area (Å²) in [6.45, 7) is 2.54. The summed E-state index contributed by atoms with van der Waals surface area (Å²) in [5.74, 6) is -0.629. The predicted octanol–water partition coefficient (Wildman–Crippen LogP) is 1.60. The van der Waals surface area contributed by atoms with Crippen LogP contribution < -0.4 is 4.90 Å². The average Bonchev–Trinajstić information content (AvgIpc) is 2.73. The van der Waals surface area contributed by atoms with Crippen molar-refractivity contribution in [2.75, 3.05) is 18.1 Å². The van der Waals surface area contributed by atoms with Gasteiger partial charge >= 0.3 is 5.97 Å². The Balaban J connectivity index is 2.08. The van der Waals surface area contributed by atoms with Gasteiger partial charge in [0, 0.05) is 18.7 Å². The molecule has 17 heavy (non-hydrogen) atoms. The van der Waals surface area contributed by atoms with Crippen molar-refractivity contribution in [2.24, 2.45) is 5.92 Å². The van der Waals surface area contributed by atoms with E-state index >= 15 is 0 Å². The van der Waals surface area contributed by atoms with Crippen LogP contribution in [0.2, 0.25) is 0 Å². The van der Waals surface area contributed by atoms with E-state index in [0.717, 1.165) is 5.69 Å². The van der Waals surface area contributed by atoms with Crippen molar-refractivity contribution in [1.29, 1.82) is 0 Å². The molecule has 0 bridgehead atoms. The van der Waals surface area contributed by atoms with Crippen molar-refractivity contribution in [3.8, 4) is 0 Å². The van der Waals surface area contributed by atoms with Crippen molar-refractivity contribution >= 4 is 17.6 Å². The van der Waals surface area contributed by atoms with Gasteiger partial charge in [0.2, 0.25) is 5.91 Å². The van der Waals surface area contributed by atoms with Gasteiger partial charge in [0.15, 0.2) is 0 Å². The molecule has 1 aromatic rings. The summed E-state index contributed by atoms with van der Waals surface area (Å²) in [6.07, 6.45) is 0.244. The number of hydrogen-bond acceptors (Lipinski definition) is 3. The third-order valence-corrected chi connectivity index (χ3v) is 2.81. The molecule has 0 N–H and O–H groups in total. The molecule has 0 aliphatic carbocycles. The van der Waals surface area contributed by atoms with E-state index in [9.17, 15) is 9.59 Å². The molecule has 1 fully saturated rings. The van der Waals surface area contributed by atoms with Crippen LogP contribution in [0.3, 0.4) is 0 Å². The maximum absolute atomic E-state index is 11.8. The van der Waals surface area contributed by atoms with Crippen LogP contribution in [0.25, 0.3) is 0 Å². The van der Waals surface area contributed by atoms with Crippen molar-refractivity contribution in [3.05, 3.63) is 30.3 Å². The summed E-state index contributed by atoms with van der Waals surface area (Å²) in [5.41, 5.74) is 0.837. The van der Waals surface area contributed by atoms with E-state index in [2.05, 4.69) is 0 Å². The van der Waals surface area contributed by atoms with Gasteiger partial charge in [-0.25, -0.2) is 0 Å². The van der Waals surface area contributed by atoms with Crippen LogP contribution in [-0.4, -0.2) is 25.0 Å². The fourth-order valence-electron chi connectivity index (χ4n) is 1.98. The second kappa shape index (κ2) is 4.99. The largest absolute Gasteiger partial charge is 0.466 e. The van der Waals surface area contributed by atoms with Gasteiger partial charge in [0.25, 0.3) is 0 Å². The summed E-state index contributed by atoms with van der Waals surface area (Å²) >= 11 is 0. The Morgan fingerprint density at radius 3 is 2.76 bits per heavy atom. The highest BCUT2D eigenvalue weighted by Crippen LogP contribution is 2.25. The topological polar surface area (TPSA) is 46.6 Å².